The summed E-state index contributed by atoms with van der Waals surface area (Å²) in [7, 11) is 4.72. The highest BCUT2D eigenvalue weighted by Gasteiger charge is 2.35. The summed E-state index contributed by atoms with van der Waals surface area (Å²) in [4.78, 5) is 17.3. The van der Waals surface area contributed by atoms with E-state index in [0.717, 1.165) is 11.1 Å². The number of amidine groups is 1. The average Bonchev–Trinajstić information content (AvgIpc) is 2.93. The Morgan fingerprint density at radius 3 is 2.48 bits per heavy atom. The summed E-state index contributed by atoms with van der Waals surface area (Å²) in [6.45, 7) is 3.61. The molecule has 0 radical (unpaired) electrons. The van der Waals surface area contributed by atoms with Gasteiger partial charge in [-0.2, -0.15) is 0 Å². The van der Waals surface area contributed by atoms with Crippen molar-refractivity contribution >= 4 is 40.9 Å². The number of esters is 1. The first kappa shape index (κ1) is 25.0. The molecule has 0 fully saturated rings. The minimum atomic E-state index is -0.432. The number of nitrogens with two attached hydrogens (primary N) is 1. The third kappa shape index (κ3) is 5.48. The number of para-hydroxylation sites is 1. The van der Waals surface area contributed by atoms with Crippen molar-refractivity contribution in [2.75, 3.05) is 21.3 Å². The van der Waals surface area contributed by atoms with E-state index in [1.807, 2.05) is 24.3 Å². The predicted molar refractivity (Wildman–Crippen MR) is 131 cm³/mol. The molecular formula is C23H28ClN3O5S. The Balaban J connectivity index is 2.21. The third-order valence-corrected chi connectivity index (χ3v) is 6.71. The molecule has 1 heterocycles. The van der Waals surface area contributed by atoms with Crippen LogP contribution in [-0.2, 0) is 9.53 Å². The quantitative estimate of drug-likeness (QED) is 0.332. The number of hydrogen-bond donors (Lipinski definition) is 2. The Morgan fingerprint density at radius 1 is 1.15 bits per heavy atom. The van der Waals surface area contributed by atoms with E-state index in [1.54, 1.807) is 41.2 Å². The van der Waals surface area contributed by atoms with E-state index in [0.29, 0.717) is 33.8 Å². The summed E-state index contributed by atoms with van der Waals surface area (Å²) in [6.07, 6.45) is -0.163. The van der Waals surface area contributed by atoms with Gasteiger partial charge in [0, 0.05) is 22.2 Å². The van der Waals surface area contributed by atoms with Gasteiger partial charge in [0.25, 0.3) is 0 Å². The van der Waals surface area contributed by atoms with Gasteiger partial charge in [0.2, 0.25) is 0 Å². The Morgan fingerprint density at radius 2 is 1.88 bits per heavy atom. The van der Waals surface area contributed by atoms with E-state index in [-0.39, 0.29) is 23.7 Å². The molecule has 2 aromatic carbocycles. The summed E-state index contributed by atoms with van der Waals surface area (Å²) in [5.74, 6) is 7.58. The molecule has 3 N–H and O–H groups in total. The third-order valence-electron chi connectivity index (χ3n) is 4.99. The van der Waals surface area contributed by atoms with Crippen molar-refractivity contribution < 1.29 is 23.7 Å². The number of methoxy groups -OCH3 is 3. The molecule has 3 rings (SSSR count). The van der Waals surface area contributed by atoms with Crippen LogP contribution >= 0.6 is 23.4 Å². The Bertz CT molecular complexity index is 1050. The number of hydrazine groups is 1. The van der Waals surface area contributed by atoms with Crippen LogP contribution in [0.5, 0.6) is 17.2 Å². The summed E-state index contributed by atoms with van der Waals surface area (Å²) >= 11 is 7.93. The van der Waals surface area contributed by atoms with Crippen molar-refractivity contribution in [2.24, 2.45) is 10.8 Å². The fourth-order valence-electron chi connectivity index (χ4n) is 3.66. The fourth-order valence-corrected chi connectivity index (χ4v) is 5.34. The van der Waals surface area contributed by atoms with Crippen molar-refractivity contribution in [2.45, 2.75) is 36.9 Å². The normalized spacial score (nSPS) is 17.5. The molecule has 1 aliphatic rings. The Labute approximate surface area is 202 Å². The molecular weight excluding hydrogens is 466 g/mol. The van der Waals surface area contributed by atoms with Crippen LogP contribution in [0, 0.1) is 0 Å². The van der Waals surface area contributed by atoms with E-state index < -0.39 is 5.25 Å². The number of carbonyl (C=O) groups excluding carboxylic acids is 1. The van der Waals surface area contributed by atoms with Crippen LogP contribution in [0.2, 0.25) is 5.02 Å². The number of halogens is 1. The van der Waals surface area contributed by atoms with Crippen LogP contribution in [0.15, 0.2) is 35.3 Å². The van der Waals surface area contributed by atoms with E-state index in [4.69, 9.17) is 41.4 Å². The van der Waals surface area contributed by atoms with Crippen molar-refractivity contribution in [3.63, 3.8) is 0 Å². The molecule has 0 saturated carbocycles. The number of thioether (sulfide) groups is 1. The van der Waals surface area contributed by atoms with Crippen LogP contribution < -0.4 is 25.5 Å². The lowest BCUT2D eigenvalue weighted by Gasteiger charge is -2.25. The molecule has 0 aromatic heterocycles. The van der Waals surface area contributed by atoms with Crippen LogP contribution in [0.25, 0.3) is 0 Å². The zero-order chi connectivity index (χ0) is 24.1. The van der Waals surface area contributed by atoms with Gasteiger partial charge in [-0.15, -0.1) is 11.8 Å². The number of benzene rings is 2. The molecule has 10 heteroatoms. The zero-order valence-corrected chi connectivity index (χ0v) is 20.8. The first-order chi connectivity index (χ1) is 15.8. The lowest BCUT2D eigenvalue weighted by Crippen LogP contribution is -2.39. The molecule has 33 heavy (non-hydrogen) atoms. The maximum Gasteiger partial charge on any atom is 0.307 e. The summed E-state index contributed by atoms with van der Waals surface area (Å²) in [5, 5.41) is -0.268. The molecule has 2 aromatic rings. The molecule has 2 atom stereocenters. The van der Waals surface area contributed by atoms with Crippen LogP contribution in [0.4, 0.5) is 5.69 Å². The van der Waals surface area contributed by atoms with Gasteiger partial charge >= 0.3 is 5.97 Å². The number of rotatable bonds is 7. The maximum atomic E-state index is 12.6. The molecule has 2 unspecified atom stereocenters. The highest BCUT2D eigenvalue weighted by Crippen LogP contribution is 2.52. The first-order valence-electron chi connectivity index (χ1n) is 10.3. The molecule has 178 valence electrons. The number of aliphatic imine (C=N–C) groups is 1. The summed E-state index contributed by atoms with van der Waals surface area (Å²) in [6, 6.07) is 9.18. The van der Waals surface area contributed by atoms with Crippen molar-refractivity contribution in [3.8, 4) is 17.2 Å². The largest absolute Gasteiger partial charge is 0.494 e. The highest BCUT2D eigenvalue weighted by atomic mass is 35.5. The van der Waals surface area contributed by atoms with Gasteiger partial charge in [-0.3, -0.25) is 4.79 Å². The minimum absolute atomic E-state index is 0.0682. The molecule has 0 amide bonds. The standard InChI is InChI=1S/C23H28ClN3O5S/c1-12(2)32-19(28)11-18-23(27-25)26-20-15(9-13(24)10-17(20)30-4)22(33-18)14-7-6-8-16(29-3)21(14)31-5/h6-10,12,18,22H,11,25H2,1-5H3,(H,26,27). The van der Waals surface area contributed by atoms with E-state index in [1.165, 1.54) is 11.8 Å². The number of nitrogens with zero attached hydrogens (tertiary/aromatic N) is 1. The van der Waals surface area contributed by atoms with E-state index in [9.17, 15) is 4.79 Å². The van der Waals surface area contributed by atoms with Gasteiger partial charge in [0.15, 0.2) is 11.5 Å². The molecule has 0 bridgehead atoms. The van der Waals surface area contributed by atoms with Crippen molar-refractivity contribution in [1.82, 2.24) is 5.43 Å². The topological polar surface area (TPSA) is 104 Å². The van der Waals surface area contributed by atoms with Gasteiger partial charge in [0.05, 0.1) is 44.4 Å². The Kier molecular flexibility index (Phi) is 8.34. The van der Waals surface area contributed by atoms with Gasteiger partial charge < -0.3 is 24.4 Å². The average molecular weight is 494 g/mol. The van der Waals surface area contributed by atoms with Crippen molar-refractivity contribution in [1.29, 1.82) is 0 Å². The lowest BCUT2D eigenvalue weighted by molar-refractivity contribution is -0.147. The number of nitrogens with one attached hydrogen (secondary N) is 1. The zero-order valence-electron chi connectivity index (χ0n) is 19.2. The van der Waals surface area contributed by atoms with Crippen LogP contribution in [0.1, 0.15) is 36.6 Å². The lowest BCUT2D eigenvalue weighted by atomic mass is 10.0. The SMILES string of the molecule is COc1cc(Cl)cc2c1N=C(NN)C(CC(=O)OC(C)C)SC2c1cccc(OC)c1OC. The smallest absolute Gasteiger partial charge is 0.307 e. The minimum Gasteiger partial charge on any atom is -0.494 e. The molecule has 0 saturated heterocycles. The van der Waals surface area contributed by atoms with E-state index in [2.05, 4.69) is 5.43 Å². The second kappa shape index (κ2) is 11.0. The van der Waals surface area contributed by atoms with Gasteiger partial charge in [0.1, 0.15) is 17.3 Å². The predicted octanol–water partition coefficient (Wildman–Crippen LogP) is 4.41. The van der Waals surface area contributed by atoms with Gasteiger partial charge in [-0.25, -0.2) is 10.8 Å². The molecule has 1 aliphatic heterocycles. The second-order valence-corrected chi connectivity index (χ2v) is 9.27. The summed E-state index contributed by atoms with van der Waals surface area (Å²) < 4.78 is 22.2. The first-order valence-corrected chi connectivity index (χ1v) is 11.6. The highest BCUT2D eigenvalue weighted by molar-refractivity contribution is 8.01. The summed E-state index contributed by atoms with van der Waals surface area (Å²) in [5.41, 5.74) is 4.86. The maximum absolute atomic E-state index is 12.6. The number of fused-ring (bicyclic) bond motifs is 1. The molecule has 0 aliphatic carbocycles. The second-order valence-electron chi connectivity index (χ2n) is 7.52. The molecule has 8 nitrogen and oxygen atoms in total. The fraction of sp³-hybridized carbons (Fsp3) is 0.391. The Hall–Kier alpha value is -2.62. The van der Waals surface area contributed by atoms with Crippen LogP contribution in [0.3, 0.4) is 0 Å². The van der Waals surface area contributed by atoms with Gasteiger partial charge in [-0.1, -0.05) is 23.7 Å². The number of hydrogen-bond acceptors (Lipinski definition) is 9. The molecule has 0 spiro atoms. The van der Waals surface area contributed by atoms with Crippen LogP contribution in [-0.4, -0.2) is 44.5 Å². The van der Waals surface area contributed by atoms with Crippen molar-refractivity contribution in [3.05, 3.63) is 46.5 Å². The monoisotopic (exact) mass is 493 g/mol. The van der Waals surface area contributed by atoms with E-state index >= 15 is 0 Å². The van der Waals surface area contributed by atoms with Gasteiger partial charge in [-0.05, 0) is 26.0 Å². The number of carbonyl (C=O) groups is 1. The number of ether oxygens (including phenoxy) is 4.